The Balaban J connectivity index is 2.05. The van der Waals surface area contributed by atoms with E-state index in [0.717, 1.165) is 10.0 Å². The van der Waals surface area contributed by atoms with Crippen molar-refractivity contribution < 1.29 is 4.74 Å². The van der Waals surface area contributed by atoms with E-state index >= 15 is 0 Å². The molecule has 2 aromatic rings. The maximum absolute atomic E-state index is 5.76. The fraction of sp³-hybridized carbons (Fsp3) is 0.0833. The van der Waals surface area contributed by atoms with Crippen molar-refractivity contribution in [3.63, 3.8) is 0 Å². The van der Waals surface area contributed by atoms with E-state index in [1.165, 1.54) is 0 Å². The molecular formula is C12H11BrN2O. The first-order chi connectivity index (χ1) is 7.75. The Kier molecular flexibility index (Phi) is 3.41. The standard InChI is InChI=1S/C12H11BrN2O/c13-10-5-9(6-15-7-10)8-16-12-4-2-1-3-11(12)14/h1-7H,8,14H2. The van der Waals surface area contributed by atoms with E-state index in [1.807, 2.05) is 30.3 Å². The van der Waals surface area contributed by atoms with Gasteiger partial charge in [-0.05, 0) is 34.1 Å². The SMILES string of the molecule is Nc1ccccc1OCc1cncc(Br)c1. The van der Waals surface area contributed by atoms with Gasteiger partial charge >= 0.3 is 0 Å². The molecular weight excluding hydrogens is 268 g/mol. The van der Waals surface area contributed by atoms with Crippen LogP contribution in [0, 0.1) is 0 Å². The fourth-order valence-corrected chi connectivity index (χ4v) is 1.72. The largest absolute Gasteiger partial charge is 0.487 e. The Labute approximate surface area is 102 Å². The number of hydrogen-bond donors (Lipinski definition) is 1. The normalized spacial score (nSPS) is 10.1. The van der Waals surface area contributed by atoms with Crippen molar-refractivity contribution in [2.75, 3.05) is 5.73 Å². The first-order valence-electron chi connectivity index (χ1n) is 4.82. The minimum absolute atomic E-state index is 0.459. The number of hydrogen-bond acceptors (Lipinski definition) is 3. The van der Waals surface area contributed by atoms with E-state index in [0.29, 0.717) is 18.0 Å². The van der Waals surface area contributed by atoms with E-state index in [4.69, 9.17) is 10.5 Å². The van der Waals surface area contributed by atoms with Crippen molar-refractivity contribution >= 4 is 21.6 Å². The van der Waals surface area contributed by atoms with Crippen LogP contribution >= 0.6 is 15.9 Å². The summed E-state index contributed by atoms with van der Waals surface area (Å²) < 4.78 is 6.53. The second kappa shape index (κ2) is 4.99. The summed E-state index contributed by atoms with van der Waals surface area (Å²) in [6.45, 7) is 0.459. The van der Waals surface area contributed by atoms with Gasteiger partial charge in [0.1, 0.15) is 12.4 Å². The number of para-hydroxylation sites is 2. The summed E-state index contributed by atoms with van der Waals surface area (Å²) in [7, 11) is 0. The van der Waals surface area contributed by atoms with Crippen molar-refractivity contribution in [1.29, 1.82) is 0 Å². The predicted molar refractivity (Wildman–Crippen MR) is 67.1 cm³/mol. The van der Waals surface area contributed by atoms with Crippen LogP contribution in [-0.2, 0) is 6.61 Å². The van der Waals surface area contributed by atoms with E-state index in [-0.39, 0.29) is 0 Å². The highest BCUT2D eigenvalue weighted by Crippen LogP contribution is 2.21. The summed E-state index contributed by atoms with van der Waals surface area (Å²) >= 11 is 3.36. The Morgan fingerprint density at radius 1 is 1.25 bits per heavy atom. The minimum atomic E-state index is 0.459. The molecule has 2 N–H and O–H groups in total. The van der Waals surface area contributed by atoms with Crippen LogP contribution in [0.25, 0.3) is 0 Å². The molecule has 1 aromatic carbocycles. The molecule has 2 rings (SSSR count). The summed E-state index contributed by atoms with van der Waals surface area (Å²) in [5, 5.41) is 0. The zero-order valence-electron chi connectivity index (χ0n) is 8.56. The molecule has 4 heteroatoms. The molecule has 0 saturated heterocycles. The lowest BCUT2D eigenvalue weighted by Crippen LogP contribution is -1.98. The lowest BCUT2D eigenvalue weighted by Gasteiger charge is -2.08. The second-order valence-electron chi connectivity index (χ2n) is 3.34. The minimum Gasteiger partial charge on any atom is -0.487 e. The molecule has 82 valence electrons. The number of anilines is 1. The number of nitrogen functional groups attached to an aromatic ring is 1. The van der Waals surface area contributed by atoms with Crippen LogP contribution in [0.1, 0.15) is 5.56 Å². The van der Waals surface area contributed by atoms with Crippen LogP contribution in [0.4, 0.5) is 5.69 Å². The van der Waals surface area contributed by atoms with Crippen LogP contribution in [0.2, 0.25) is 0 Å². The summed E-state index contributed by atoms with van der Waals surface area (Å²) in [6, 6.07) is 9.40. The molecule has 0 saturated carbocycles. The van der Waals surface area contributed by atoms with E-state index in [9.17, 15) is 0 Å². The van der Waals surface area contributed by atoms with Gasteiger partial charge in [-0.15, -0.1) is 0 Å². The number of nitrogens with two attached hydrogens (primary N) is 1. The van der Waals surface area contributed by atoms with Gasteiger partial charge in [-0.3, -0.25) is 4.98 Å². The first-order valence-corrected chi connectivity index (χ1v) is 5.62. The molecule has 0 fully saturated rings. The molecule has 0 amide bonds. The van der Waals surface area contributed by atoms with Crippen molar-refractivity contribution in [1.82, 2.24) is 4.98 Å². The van der Waals surface area contributed by atoms with E-state index in [2.05, 4.69) is 20.9 Å². The number of benzene rings is 1. The molecule has 1 aromatic heterocycles. The number of aromatic nitrogens is 1. The highest BCUT2D eigenvalue weighted by molar-refractivity contribution is 9.10. The number of pyridine rings is 1. The van der Waals surface area contributed by atoms with Gasteiger partial charge in [-0.25, -0.2) is 0 Å². The van der Waals surface area contributed by atoms with E-state index in [1.54, 1.807) is 12.4 Å². The van der Waals surface area contributed by atoms with E-state index < -0.39 is 0 Å². The molecule has 0 radical (unpaired) electrons. The topological polar surface area (TPSA) is 48.1 Å². The molecule has 16 heavy (non-hydrogen) atoms. The summed E-state index contributed by atoms with van der Waals surface area (Å²) in [6.07, 6.45) is 3.50. The Morgan fingerprint density at radius 3 is 2.81 bits per heavy atom. The molecule has 0 aliphatic heterocycles. The fourth-order valence-electron chi connectivity index (χ4n) is 1.31. The van der Waals surface area contributed by atoms with Crippen LogP contribution < -0.4 is 10.5 Å². The van der Waals surface area contributed by atoms with Crippen molar-refractivity contribution in [2.24, 2.45) is 0 Å². The average Bonchev–Trinajstić information content (AvgIpc) is 2.28. The first kappa shape index (κ1) is 11.0. The van der Waals surface area contributed by atoms with Gasteiger partial charge in [0.15, 0.2) is 0 Å². The van der Waals surface area contributed by atoms with Gasteiger partial charge in [0.25, 0.3) is 0 Å². The summed E-state index contributed by atoms with van der Waals surface area (Å²) in [5.74, 6) is 0.697. The predicted octanol–water partition coefficient (Wildman–Crippen LogP) is 3.01. The Bertz CT molecular complexity index is 488. The number of halogens is 1. The third-order valence-electron chi connectivity index (χ3n) is 2.07. The van der Waals surface area contributed by atoms with Crippen molar-refractivity contribution in [2.45, 2.75) is 6.61 Å². The third-order valence-corrected chi connectivity index (χ3v) is 2.51. The maximum atomic E-state index is 5.76. The average molecular weight is 279 g/mol. The molecule has 0 aliphatic rings. The van der Waals surface area contributed by atoms with Gasteiger partial charge < -0.3 is 10.5 Å². The number of rotatable bonds is 3. The molecule has 0 aliphatic carbocycles. The highest BCUT2D eigenvalue weighted by Gasteiger charge is 2.00. The molecule has 0 spiro atoms. The molecule has 0 unspecified atom stereocenters. The summed E-state index contributed by atoms with van der Waals surface area (Å²) in [5.41, 5.74) is 7.41. The van der Waals surface area contributed by atoms with Crippen LogP contribution in [0.15, 0.2) is 47.2 Å². The van der Waals surface area contributed by atoms with Gasteiger partial charge in [0, 0.05) is 22.4 Å². The third kappa shape index (κ3) is 2.73. The zero-order chi connectivity index (χ0) is 11.4. The van der Waals surface area contributed by atoms with Crippen LogP contribution in [-0.4, -0.2) is 4.98 Å². The van der Waals surface area contributed by atoms with Gasteiger partial charge in [-0.1, -0.05) is 12.1 Å². The van der Waals surface area contributed by atoms with Gasteiger partial charge in [0.05, 0.1) is 5.69 Å². The molecule has 3 nitrogen and oxygen atoms in total. The van der Waals surface area contributed by atoms with Crippen LogP contribution in [0.3, 0.4) is 0 Å². The van der Waals surface area contributed by atoms with Gasteiger partial charge in [0.2, 0.25) is 0 Å². The maximum Gasteiger partial charge on any atom is 0.142 e. The molecule has 0 atom stereocenters. The Morgan fingerprint density at radius 2 is 2.06 bits per heavy atom. The van der Waals surface area contributed by atoms with Crippen molar-refractivity contribution in [3.8, 4) is 5.75 Å². The number of nitrogens with zero attached hydrogens (tertiary/aromatic N) is 1. The molecule has 1 heterocycles. The number of ether oxygens (including phenoxy) is 1. The van der Waals surface area contributed by atoms with Gasteiger partial charge in [-0.2, -0.15) is 0 Å². The highest BCUT2D eigenvalue weighted by atomic mass is 79.9. The Hall–Kier alpha value is -1.55. The monoisotopic (exact) mass is 278 g/mol. The quantitative estimate of drug-likeness (QED) is 0.878. The molecule has 0 bridgehead atoms. The smallest absolute Gasteiger partial charge is 0.142 e. The van der Waals surface area contributed by atoms with Crippen LogP contribution in [0.5, 0.6) is 5.75 Å². The lowest BCUT2D eigenvalue weighted by atomic mass is 10.3. The zero-order valence-corrected chi connectivity index (χ0v) is 10.1. The summed E-state index contributed by atoms with van der Waals surface area (Å²) in [4.78, 5) is 4.06. The second-order valence-corrected chi connectivity index (χ2v) is 4.25. The van der Waals surface area contributed by atoms with Crippen molar-refractivity contribution in [3.05, 3.63) is 52.8 Å². The lowest BCUT2D eigenvalue weighted by molar-refractivity contribution is 0.307.